The van der Waals surface area contributed by atoms with Gasteiger partial charge in [-0.25, -0.2) is 0 Å². The van der Waals surface area contributed by atoms with Gasteiger partial charge in [0, 0.05) is 0 Å². The Kier molecular flexibility index (Phi) is 4.49. The van der Waals surface area contributed by atoms with E-state index < -0.39 is 0 Å². The second kappa shape index (κ2) is 4.62. The van der Waals surface area contributed by atoms with Gasteiger partial charge in [-0.1, -0.05) is 0 Å². The Morgan fingerprint density at radius 2 is 2.33 bits per heavy atom. The van der Waals surface area contributed by atoms with Crippen LogP contribution < -0.4 is 0 Å². The van der Waals surface area contributed by atoms with E-state index >= 15 is 0 Å². The van der Waals surface area contributed by atoms with Gasteiger partial charge in [-0.2, -0.15) is 0 Å². The molecule has 0 aliphatic carbocycles. The third-order valence-corrected chi connectivity index (χ3v) is 0.828. The molecule has 0 heterocycles. The first-order valence-electron chi connectivity index (χ1n) is 2.64. The maximum absolute atomic E-state index is 10.5. The van der Waals surface area contributed by atoms with Crippen molar-refractivity contribution in [3.8, 4) is 0 Å². The predicted molar refractivity (Wildman–Crippen MR) is 42.4 cm³/mol. The average Bonchev–Trinajstić information content (AvgIpc) is 1.63. The maximum atomic E-state index is 10.5. The third-order valence-electron chi connectivity index (χ3n) is 0.604. The number of rotatable bonds is 3. The van der Waals surface area contributed by atoms with Crippen molar-refractivity contribution in [1.82, 2.24) is 0 Å². The fourth-order valence-corrected chi connectivity index (χ4v) is 0.519. The molecule has 4 heteroatoms. The van der Waals surface area contributed by atoms with Crippen molar-refractivity contribution < 1.29 is 9.53 Å². The molecule has 0 fully saturated rings. The zero-order valence-electron chi connectivity index (χ0n) is 5.39. The van der Waals surface area contributed by atoms with E-state index in [1.54, 1.807) is 6.92 Å². The molecule has 0 radical (unpaired) electrons. The van der Waals surface area contributed by atoms with E-state index in [2.05, 4.69) is 24.9 Å². The van der Waals surface area contributed by atoms with Gasteiger partial charge in [0.1, 0.15) is 0 Å². The molecule has 0 aromatic rings. The minimum atomic E-state index is -0.266. The van der Waals surface area contributed by atoms with Gasteiger partial charge in [0.2, 0.25) is 0 Å². The van der Waals surface area contributed by atoms with Crippen LogP contribution in [-0.4, -0.2) is 24.9 Å². The summed E-state index contributed by atoms with van der Waals surface area (Å²) in [4.78, 5) is 10.5. The van der Waals surface area contributed by atoms with Gasteiger partial charge in [-0.3, -0.25) is 0 Å². The summed E-state index contributed by atoms with van der Waals surface area (Å²) in [5.41, 5.74) is 0.432. The summed E-state index contributed by atoms with van der Waals surface area (Å²) < 4.78 is 4.61. The van der Waals surface area contributed by atoms with Crippen molar-refractivity contribution in [1.29, 1.82) is 0 Å². The van der Waals surface area contributed by atoms with Gasteiger partial charge in [-0.15, -0.1) is 0 Å². The van der Waals surface area contributed by atoms with E-state index in [4.69, 9.17) is 0 Å². The molecule has 0 spiro atoms. The molecule has 0 aromatic heterocycles. The molecule has 0 saturated heterocycles. The molecule has 0 amide bonds. The second-order valence-electron chi connectivity index (χ2n) is 1.65. The van der Waals surface area contributed by atoms with Crippen molar-refractivity contribution in [3.63, 3.8) is 0 Å². The summed E-state index contributed by atoms with van der Waals surface area (Å²) in [7, 11) is 3.41. The summed E-state index contributed by atoms with van der Waals surface area (Å²) in [5, 5.41) is 0. The first kappa shape index (κ1) is 8.75. The van der Waals surface area contributed by atoms with Gasteiger partial charge >= 0.3 is 60.4 Å². The zero-order valence-corrected chi connectivity index (χ0v) is 6.28. The van der Waals surface area contributed by atoms with Crippen LogP contribution in [0.15, 0.2) is 0 Å². The summed E-state index contributed by atoms with van der Waals surface area (Å²) >= 11 is 3.85. The number of carbonyl (C=O) groups excluding carboxylic acids is 1. The SMILES string of the molecule is B=C(C)OC(=O)CCS. The fraction of sp³-hybridized carbons (Fsp3) is 0.600. The van der Waals surface area contributed by atoms with E-state index in [9.17, 15) is 4.79 Å². The van der Waals surface area contributed by atoms with Gasteiger partial charge < -0.3 is 0 Å². The van der Waals surface area contributed by atoms with E-state index in [-0.39, 0.29) is 5.97 Å². The standard InChI is InChI=1S/C5H9BO2S/c1-4(6)8-5(7)2-3-9/h6,9H,2-3H2,1H3. The minimum absolute atomic E-state index is 0.266. The van der Waals surface area contributed by atoms with Crippen molar-refractivity contribution in [3.05, 3.63) is 0 Å². The number of ether oxygens (including phenoxy) is 1. The van der Waals surface area contributed by atoms with Crippen molar-refractivity contribution >= 4 is 31.7 Å². The Bertz CT molecular complexity index is 124. The number of hydrogen-bond donors (Lipinski definition) is 1. The Balaban J connectivity index is 3.39. The summed E-state index contributed by atoms with van der Waals surface area (Å²) in [5.74, 6) is 0.254. The molecule has 2 nitrogen and oxygen atoms in total. The molecular weight excluding hydrogens is 135 g/mol. The number of esters is 1. The van der Waals surface area contributed by atoms with Crippen molar-refractivity contribution in [2.75, 3.05) is 5.75 Å². The van der Waals surface area contributed by atoms with Crippen LogP contribution in [0.25, 0.3) is 0 Å². The van der Waals surface area contributed by atoms with Gasteiger partial charge in [0.15, 0.2) is 0 Å². The molecule has 0 N–H and O–H groups in total. The van der Waals surface area contributed by atoms with Crippen LogP contribution in [-0.2, 0) is 9.53 Å². The Hall–Kier alpha value is -0.245. The van der Waals surface area contributed by atoms with Crippen LogP contribution in [0.5, 0.6) is 0 Å². The summed E-state index contributed by atoms with van der Waals surface area (Å²) in [6.07, 6.45) is 0.343. The van der Waals surface area contributed by atoms with Crippen molar-refractivity contribution in [2.24, 2.45) is 0 Å². The van der Waals surface area contributed by atoms with E-state index in [0.717, 1.165) is 0 Å². The van der Waals surface area contributed by atoms with Crippen LogP contribution in [0.1, 0.15) is 13.3 Å². The van der Waals surface area contributed by atoms with Gasteiger partial charge in [0.05, 0.1) is 0 Å². The van der Waals surface area contributed by atoms with Crippen LogP contribution in [0.4, 0.5) is 0 Å². The molecular formula is C5H9BO2S. The second-order valence-corrected chi connectivity index (χ2v) is 2.10. The number of carbonyl (C=O) groups is 1. The van der Waals surface area contributed by atoms with Crippen LogP contribution in [0, 0.1) is 0 Å². The molecule has 0 rings (SSSR count). The molecule has 0 atom stereocenters. The average molecular weight is 144 g/mol. The Morgan fingerprint density at radius 1 is 1.78 bits per heavy atom. The number of hydrogen-bond acceptors (Lipinski definition) is 3. The first-order valence-corrected chi connectivity index (χ1v) is 3.27. The Morgan fingerprint density at radius 3 is 2.67 bits per heavy atom. The molecule has 0 aliphatic rings. The fourth-order valence-electron chi connectivity index (χ4n) is 0.337. The monoisotopic (exact) mass is 144 g/mol. The van der Waals surface area contributed by atoms with Crippen LogP contribution >= 0.6 is 12.6 Å². The zero-order chi connectivity index (χ0) is 7.28. The van der Waals surface area contributed by atoms with E-state index in [1.165, 1.54) is 0 Å². The van der Waals surface area contributed by atoms with Crippen molar-refractivity contribution in [2.45, 2.75) is 13.3 Å². The Labute approximate surface area is 61.1 Å². The summed E-state index contributed by atoms with van der Waals surface area (Å²) in [6, 6.07) is 0. The molecule has 0 bridgehead atoms. The third kappa shape index (κ3) is 5.63. The molecule has 0 unspecified atom stereocenters. The quantitative estimate of drug-likeness (QED) is 0.340. The molecule has 0 saturated carbocycles. The topological polar surface area (TPSA) is 26.3 Å². The van der Waals surface area contributed by atoms with E-state index in [1.807, 2.05) is 0 Å². The molecule has 50 valence electrons. The molecule has 0 aromatic carbocycles. The molecule has 9 heavy (non-hydrogen) atoms. The predicted octanol–water partition coefficient (Wildman–Crippen LogP) is -0.0999. The van der Waals surface area contributed by atoms with Crippen LogP contribution in [0.3, 0.4) is 0 Å². The molecule has 0 aliphatic heterocycles. The normalized spacial score (nSPS) is 8.56. The number of thiol groups is 1. The van der Waals surface area contributed by atoms with Gasteiger partial charge in [-0.05, 0) is 0 Å². The summed E-state index contributed by atoms with van der Waals surface area (Å²) in [6.45, 7) is 1.64. The van der Waals surface area contributed by atoms with Crippen LogP contribution in [0.2, 0.25) is 0 Å². The van der Waals surface area contributed by atoms with E-state index in [0.29, 0.717) is 17.8 Å². The van der Waals surface area contributed by atoms with Gasteiger partial charge in [0.25, 0.3) is 0 Å². The first-order chi connectivity index (χ1) is 4.16.